The van der Waals surface area contributed by atoms with E-state index in [0.29, 0.717) is 16.9 Å². The van der Waals surface area contributed by atoms with Crippen LogP contribution in [0.2, 0.25) is 0 Å². The van der Waals surface area contributed by atoms with E-state index in [1.165, 1.54) is 12.0 Å². The number of rotatable bonds is 6. The van der Waals surface area contributed by atoms with Crippen LogP contribution in [0.15, 0.2) is 48.5 Å². The maximum absolute atomic E-state index is 13.3. The maximum Gasteiger partial charge on any atom is 0.337 e. The molecule has 1 saturated carbocycles. The van der Waals surface area contributed by atoms with Crippen molar-refractivity contribution in [1.29, 1.82) is 0 Å². The molecule has 2 aromatic carbocycles. The number of aryl methyl sites for hydroxylation is 1. The van der Waals surface area contributed by atoms with E-state index in [0.717, 1.165) is 31.2 Å². The Hall–Kier alpha value is -3.68. The molecule has 8 heteroatoms. The van der Waals surface area contributed by atoms with Crippen LogP contribution < -0.4 is 10.2 Å². The average molecular weight is 450 g/mol. The van der Waals surface area contributed by atoms with E-state index < -0.39 is 12.0 Å². The standard InChI is InChI=1S/C25H27N3O5/c1-16-7-13-20(14-8-16)28-23(30)21(27(25(28)32)19-5-3-4-6-19)15-22(29)26-18-11-9-17(10-12-18)24(31)33-2/h7-14,19,21H,3-6,15H2,1-2H3,(H,26,29)/t21-/m1/s1. The largest absolute Gasteiger partial charge is 0.465 e. The van der Waals surface area contributed by atoms with Crippen molar-refractivity contribution in [2.75, 3.05) is 17.3 Å². The van der Waals surface area contributed by atoms with Crippen molar-refractivity contribution in [3.8, 4) is 0 Å². The van der Waals surface area contributed by atoms with Gasteiger partial charge in [0.25, 0.3) is 5.91 Å². The fraction of sp³-hybridized carbons (Fsp3) is 0.360. The first-order valence-electron chi connectivity index (χ1n) is 11.1. The van der Waals surface area contributed by atoms with Gasteiger partial charge in [0.1, 0.15) is 6.04 Å². The summed E-state index contributed by atoms with van der Waals surface area (Å²) in [6, 6.07) is 12.2. The molecule has 0 unspecified atom stereocenters. The molecule has 8 nitrogen and oxygen atoms in total. The van der Waals surface area contributed by atoms with Gasteiger partial charge in [0.2, 0.25) is 5.91 Å². The molecule has 0 aromatic heterocycles. The van der Waals surface area contributed by atoms with Crippen LogP contribution in [0.1, 0.15) is 48.0 Å². The SMILES string of the molecule is COC(=O)c1ccc(NC(=O)C[C@@H]2C(=O)N(c3ccc(C)cc3)C(=O)N2C2CCCC2)cc1. The number of imide groups is 1. The first kappa shape index (κ1) is 22.5. The number of anilines is 2. The Morgan fingerprint density at radius 1 is 1.00 bits per heavy atom. The third-order valence-corrected chi connectivity index (χ3v) is 6.23. The second-order valence-electron chi connectivity index (χ2n) is 8.47. The van der Waals surface area contributed by atoms with Crippen LogP contribution in [0.4, 0.5) is 16.2 Å². The van der Waals surface area contributed by atoms with E-state index in [2.05, 4.69) is 10.1 Å². The van der Waals surface area contributed by atoms with Crippen LogP contribution in [0, 0.1) is 6.92 Å². The fourth-order valence-corrected chi connectivity index (χ4v) is 4.52. The number of nitrogens with one attached hydrogen (secondary N) is 1. The molecular formula is C25H27N3O5. The fourth-order valence-electron chi connectivity index (χ4n) is 4.52. The number of nitrogens with zero attached hydrogens (tertiary/aromatic N) is 2. The Morgan fingerprint density at radius 2 is 1.64 bits per heavy atom. The zero-order valence-electron chi connectivity index (χ0n) is 18.7. The van der Waals surface area contributed by atoms with E-state index in [9.17, 15) is 19.2 Å². The number of carbonyl (C=O) groups is 4. The smallest absolute Gasteiger partial charge is 0.337 e. The Balaban J connectivity index is 1.52. The van der Waals surface area contributed by atoms with Crippen molar-refractivity contribution in [3.63, 3.8) is 0 Å². The number of hydrogen-bond acceptors (Lipinski definition) is 5. The van der Waals surface area contributed by atoms with E-state index in [-0.39, 0.29) is 30.3 Å². The molecule has 1 atom stereocenters. The van der Waals surface area contributed by atoms with Crippen LogP contribution in [0.3, 0.4) is 0 Å². The molecule has 1 aliphatic carbocycles. The van der Waals surface area contributed by atoms with Gasteiger partial charge in [0.05, 0.1) is 24.8 Å². The lowest BCUT2D eigenvalue weighted by molar-refractivity contribution is -0.124. The van der Waals surface area contributed by atoms with Crippen molar-refractivity contribution < 1.29 is 23.9 Å². The molecule has 2 aromatic rings. The van der Waals surface area contributed by atoms with Crippen LogP contribution >= 0.6 is 0 Å². The molecule has 2 aliphatic rings. The van der Waals surface area contributed by atoms with Gasteiger partial charge in [-0.05, 0) is 56.2 Å². The summed E-state index contributed by atoms with van der Waals surface area (Å²) < 4.78 is 4.68. The van der Waals surface area contributed by atoms with Crippen LogP contribution in [0.5, 0.6) is 0 Å². The number of benzene rings is 2. The first-order valence-corrected chi connectivity index (χ1v) is 11.1. The van der Waals surface area contributed by atoms with Crippen molar-refractivity contribution >= 4 is 35.2 Å². The van der Waals surface area contributed by atoms with Gasteiger partial charge in [0, 0.05) is 11.7 Å². The summed E-state index contributed by atoms with van der Waals surface area (Å²) in [5.41, 5.74) is 2.40. The minimum atomic E-state index is -0.851. The lowest BCUT2D eigenvalue weighted by Crippen LogP contribution is -2.43. The van der Waals surface area contributed by atoms with Crippen LogP contribution in [-0.4, -0.2) is 47.9 Å². The molecule has 1 heterocycles. The van der Waals surface area contributed by atoms with E-state index in [1.54, 1.807) is 41.3 Å². The Bertz CT molecular complexity index is 1060. The molecule has 1 saturated heterocycles. The van der Waals surface area contributed by atoms with Gasteiger partial charge in [-0.15, -0.1) is 0 Å². The van der Waals surface area contributed by atoms with Gasteiger partial charge in [-0.2, -0.15) is 0 Å². The lowest BCUT2D eigenvalue weighted by Gasteiger charge is -2.27. The number of methoxy groups -OCH3 is 1. The minimum Gasteiger partial charge on any atom is -0.465 e. The zero-order chi connectivity index (χ0) is 23.5. The van der Waals surface area contributed by atoms with Crippen LogP contribution in [0.25, 0.3) is 0 Å². The second-order valence-corrected chi connectivity index (χ2v) is 8.47. The number of hydrogen-bond donors (Lipinski definition) is 1. The Kier molecular flexibility index (Phi) is 6.44. The molecule has 4 rings (SSSR count). The molecule has 0 bridgehead atoms. The van der Waals surface area contributed by atoms with Crippen molar-refractivity contribution in [3.05, 3.63) is 59.7 Å². The van der Waals surface area contributed by atoms with Gasteiger partial charge >= 0.3 is 12.0 Å². The molecule has 1 aliphatic heterocycles. The van der Waals surface area contributed by atoms with Crippen molar-refractivity contribution in [2.45, 2.75) is 51.1 Å². The quantitative estimate of drug-likeness (QED) is 0.533. The van der Waals surface area contributed by atoms with Crippen molar-refractivity contribution in [1.82, 2.24) is 4.90 Å². The molecule has 2 fully saturated rings. The number of carbonyl (C=O) groups excluding carboxylic acids is 4. The summed E-state index contributed by atoms with van der Waals surface area (Å²) in [6.07, 6.45) is 3.52. The normalized spacial score (nSPS) is 18.7. The highest BCUT2D eigenvalue weighted by Gasteiger charge is 2.49. The summed E-state index contributed by atoms with van der Waals surface area (Å²) in [7, 11) is 1.30. The van der Waals surface area contributed by atoms with E-state index in [1.807, 2.05) is 19.1 Å². The lowest BCUT2D eigenvalue weighted by atomic mass is 10.1. The van der Waals surface area contributed by atoms with Gasteiger partial charge in [-0.1, -0.05) is 30.5 Å². The third kappa shape index (κ3) is 4.60. The summed E-state index contributed by atoms with van der Waals surface area (Å²) >= 11 is 0. The molecule has 4 amide bonds. The Labute approximate surface area is 192 Å². The first-order chi connectivity index (χ1) is 15.9. The van der Waals surface area contributed by atoms with E-state index in [4.69, 9.17) is 0 Å². The second kappa shape index (κ2) is 9.44. The van der Waals surface area contributed by atoms with Crippen LogP contribution in [-0.2, 0) is 14.3 Å². The highest BCUT2D eigenvalue weighted by molar-refractivity contribution is 6.22. The van der Waals surface area contributed by atoms with Gasteiger partial charge in [-0.25, -0.2) is 14.5 Å². The van der Waals surface area contributed by atoms with Gasteiger partial charge in [-0.3, -0.25) is 9.59 Å². The number of esters is 1. The predicted molar refractivity (Wildman–Crippen MR) is 123 cm³/mol. The minimum absolute atomic E-state index is 0.0472. The number of ether oxygens (including phenoxy) is 1. The molecule has 172 valence electrons. The monoisotopic (exact) mass is 449 g/mol. The maximum atomic E-state index is 13.3. The average Bonchev–Trinajstić information content (AvgIpc) is 3.41. The summed E-state index contributed by atoms with van der Waals surface area (Å²) in [5.74, 6) is -1.22. The van der Waals surface area contributed by atoms with Gasteiger partial charge in [0.15, 0.2) is 0 Å². The highest BCUT2D eigenvalue weighted by Crippen LogP contribution is 2.34. The topological polar surface area (TPSA) is 96.0 Å². The number of amides is 4. The van der Waals surface area contributed by atoms with E-state index >= 15 is 0 Å². The predicted octanol–water partition coefficient (Wildman–Crippen LogP) is 3.89. The number of urea groups is 1. The van der Waals surface area contributed by atoms with Gasteiger partial charge < -0.3 is 15.0 Å². The summed E-state index contributed by atoms with van der Waals surface area (Å²) in [6.45, 7) is 1.94. The molecular weight excluding hydrogens is 422 g/mol. The third-order valence-electron chi connectivity index (χ3n) is 6.23. The highest BCUT2D eigenvalue weighted by atomic mass is 16.5. The summed E-state index contributed by atoms with van der Waals surface area (Å²) in [4.78, 5) is 53.9. The molecule has 0 radical (unpaired) electrons. The summed E-state index contributed by atoms with van der Waals surface area (Å²) in [5, 5.41) is 2.76. The molecule has 33 heavy (non-hydrogen) atoms. The Morgan fingerprint density at radius 3 is 2.24 bits per heavy atom. The molecule has 1 N–H and O–H groups in total. The van der Waals surface area contributed by atoms with Crippen molar-refractivity contribution in [2.24, 2.45) is 0 Å². The zero-order valence-corrected chi connectivity index (χ0v) is 18.7. The molecule has 0 spiro atoms.